The van der Waals surface area contributed by atoms with Crippen molar-refractivity contribution in [2.24, 2.45) is 0 Å². The highest BCUT2D eigenvalue weighted by atomic mass is 16.5. The number of aromatic nitrogens is 2. The van der Waals surface area contributed by atoms with Gasteiger partial charge < -0.3 is 29.3 Å². The first-order valence-corrected chi connectivity index (χ1v) is 15.9. The largest absolute Gasteiger partial charge is 0.497 e. The van der Waals surface area contributed by atoms with Crippen molar-refractivity contribution in [1.82, 2.24) is 14.9 Å². The van der Waals surface area contributed by atoms with Crippen molar-refractivity contribution in [3.63, 3.8) is 0 Å². The van der Waals surface area contributed by atoms with Crippen LogP contribution in [0.2, 0.25) is 0 Å². The van der Waals surface area contributed by atoms with Crippen LogP contribution in [0.15, 0.2) is 60.8 Å². The maximum absolute atomic E-state index is 14.5. The molecule has 1 N–H and O–H groups in total. The number of amides is 2. The Morgan fingerprint density at radius 2 is 1.64 bits per heavy atom. The summed E-state index contributed by atoms with van der Waals surface area (Å²) in [6.07, 6.45) is 1.75. The second kappa shape index (κ2) is 13.4. The number of aryl methyl sites for hydroxylation is 2. The first-order valence-electron chi connectivity index (χ1n) is 15.9. The number of para-hydroxylation sites is 1. The van der Waals surface area contributed by atoms with Gasteiger partial charge in [-0.2, -0.15) is 4.98 Å². The fraction of sp³-hybridized carbons (Fsp3) is 0.361. The number of carbonyl (C=O) groups excluding carboxylic acids is 1. The number of rotatable bonds is 9. The Morgan fingerprint density at radius 1 is 0.894 bits per heavy atom. The van der Waals surface area contributed by atoms with E-state index in [2.05, 4.69) is 34.3 Å². The Labute approximate surface area is 276 Å². The minimum Gasteiger partial charge on any atom is -0.497 e. The van der Waals surface area contributed by atoms with Crippen molar-refractivity contribution in [3.8, 4) is 17.2 Å². The fourth-order valence-corrected chi connectivity index (χ4v) is 6.15. The normalized spacial score (nSPS) is 15.1. The molecule has 0 atom stereocenters. The third-order valence-electron chi connectivity index (χ3n) is 8.58. The minimum absolute atomic E-state index is 0.0331. The van der Waals surface area contributed by atoms with Crippen LogP contribution in [0.1, 0.15) is 30.5 Å². The maximum atomic E-state index is 14.5. The van der Waals surface area contributed by atoms with Gasteiger partial charge in [0.2, 0.25) is 5.95 Å². The average Bonchev–Trinajstić information content (AvgIpc) is 3.06. The second-order valence-corrected chi connectivity index (χ2v) is 12.3. The Balaban J connectivity index is 1.41. The van der Waals surface area contributed by atoms with Crippen LogP contribution in [0, 0.1) is 13.8 Å². The molecule has 0 bridgehead atoms. The van der Waals surface area contributed by atoms with Gasteiger partial charge in [0.1, 0.15) is 17.2 Å². The number of urea groups is 1. The van der Waals surface area contributed by atoms with E-state index < -0.39 is 0 Å². The SMILES string of the molecule is COc1ccc(N2C(=O)N(c3c(C)cccc3C)Cc3cnc(Nc4ccc(N5CCN(C)CC5)cc4OC(C)C)nc32)c(OC)c1. The van der Waals surface area contributed by atoms with Gasteiger partial charge in [-0.3, -0.25) is 4.90 Å². The number of hydrogen-bond acceptors (Lipinski definition) is 9. The topological polar surface area (TPSA) is 95.5 Å². The third kappa shape index (κ3) is 6.48. The summed E-state index contributed by atoms with van der Waals surface area (Å²) in [4.78, 5) is 32.3. The Kier molecular flexibility index (Phi) is 9.08. The summed E-state index contributed by atoms with van der Waals surface area (Å²) in [7, 11) is 5.32. The second-order valence-electron chi connectivity index (χ2n) is 12.3. The molecule has 3 aromatic carbocycles. The Hall–Kier alpha value is -5.03. The number of fused-ring (bicyclic) bond motifs is 1. The highest BCUT2D eigenvalue weighted by Gasteiger charge is 2.37. The number of anilines is 6. The van der Waals surface area contributed by atoms with Gasteiger partial charge >= 0.3 is 6.03 Å². The lowest BCUT2D eigenvalue weighted by Gasteiger charge is -2.37. The predicted molar refractivity (Wildman–Crippen MR) is 186 cm³/mol. The van der Waals surface area contributed by atoms with E-state index in [9.17, 15) is 4.79 Å². The quantitative estimate of drug-likeness (QED) is 0.216. The highest BCUT2D eigenvalue weighted by Crippen LogP contribution is 2.43. The molecule has 2 aliphatic heterocycles. The maximum Gasteiger partial charge on any atom is 0.335 e. The molecule has 11 nitrogen and oxygen atoms in total. The summed E-state index contributed by atoms with van der Waals surface area (Å²) in [6, 6.07) is 17.3. The van der Waals surface area contributed by atoms with Gasteiger partial charge in [-0.1, -0.05) is 18.2 Å². The van der Waals surface area contributed by atoms with Gasteiger partial charge in [0.15, 0.2) is 5.82 Å². The molecule has 0 saturated carbocycles. The van der Waals surface area contributed by atoms with Gasteiger partial charge in [-0.15, -0.1) is 0 Å². The molecule has 4 aromatic rings. The molecule has 3 heterocycles. The van der Waals surface area contributed by atoms with E-state index in [1.807, 2.05) is 58.0 Å². The molecular formula is C36H43N7O4. The number of benzene rings is 3. The molecule has 6 rings (SSSR count). The van der Waals surface area contributed by atoms with Gasteiger partial charge in [0.25, 0.3) is 0 Å². The molecule has 0 radical (unpaired) electrons. The van der Waals surface area contributed by atoms with Crippen molar-refractivity contribution < 1.29 is 19.0 Å². The number of carbonyl (C=O) groups is 1. The van der Waals surface area contributed by atoms with Crippen LogP contribution in [-0.4, -0.2) is 74.4 Å². The van der Waals surface area contributed by atoms with Crippen molar-refractivity contribution in [2.75, 3.05) is 67.5 Å². The minimum atomic E-state index is -0.247. The molecule has 1 fully saturated rings. The lowest BCUT2D eigenvalue weighted by Crippen LogP contribution is -2.46. The summed E-state index contributed by atoms with van der Waals surface area (Å²) in [5, 5.41) is 3.38. The molecule has 0 aliphatic carbocycles. The molecule has 2 aliphatic rings. The number of ether oxygens (including phenoxy) is 3. The van der Waals surface area contributed by atoms with E-state index in [1.165, 1.54) is 0 Å². The fourth-order valence-electron chi connectivity index (χ4n) is 6.15. The molecule has 0 spiro atoms. The first-order chi connectivity index (χ1) is 22.7. The molecule has 2 amide bonds. The molecule has 1 aromatic heterocycles. The summed E-state index contributed by atoms with van der Waals surface area (Å²) < 4.78 is 17.5. The summed E-state index contributed by atoms with van der Waals surface area (Å²) >= 11 is 0. The number of methoxy groups -OCH3 is 2. The molecular weight excluding hydrogens is 594 g/mol. The molecule has 0 unspecified atom stereocenters. The number of nitrogens with zero attached hydrogens (tertiary/aromatic N) is 6. The van der Waals surface area contributed by atoms with Crippen molar-refractivity contribution >= 4 is 40.5 Å². The molecule has 47 heavy (non-hydrogen) atoms. The van der Waals surface area contributed by atoms with E-state index in [4.69, 9.17) is 24.2 Å². The van der Waals surface area contributed by atoms with Crippen molar-refractivity contribution in [3.05, 3.63) is 77.5 Å². The van der Waals surface area contributed by atoms with Crippen LogP contribution in [-0.2, 0) is 6.54 Å². The summed E-state index contributed by atoms with van der Waals surface area (Å²) in [5.74, 6) is 2.62. The van der Waals surface area contributed by atoms with Crippen molar-refractivity contribution in [2.45, 2.75) is 40.3 Å². The van der Waals surface area contributed by atoms with E-state index >= 15 is 0 Å². The van der Waals surface area contributed by atoms with E-state index in [-0.39, 0.29) is 12.1 Å². The first kappa shape index (κ1) is 31.9. The van der Waals surface area contributed by atoms with Crippen LogP contribution in [0.25, 0.3) is 0 Å². The number of hydrogen-bond donors (Lipinski definition) is 1. The molecule has 11 heteroatoms. The molecule has 246 valence electrons. The van der Waals surface area contributed by atoms with E-state index in [0.29, 0.717) is 41.2 Å². The number of piperazine rings is 1. The Bertz CT molecular complexity index is 1750. The average molecular weight is 638 g/mol. The van der Waals surface area contributed by atoms with Crippen LogP contribution >= 0.6 is 0 Å². The Morgan fingerprint density at radius 3 is 2.32 bits per heavy atom. The van der Waals surface area contributed by atoms with Crippen LogP contribution in [0.4, 0.5) is 39.3 Å². The van der Waals surface area contributed by atoms with E-state index in [1.54, 1.807) is 42.3 Å². The lowest BCUT2D eigenvalue weighted by molar-refractivity contribution is 0.243. The van der Waals surface area contributed by atoms with Crippen LogP contribution < -0.4 is 34.2 Å². The van der Waals surface area contributed by atoms with Gasteiger partial charge in [-0.25, -0.2) is 14.7 Å². The number of likely N-dealkylation sites (N-methyl/N-ethyl adjacent to an activating group) is 1. The zero-order valence-corrected chi connectivity index (χ0v) is 28.2. The predicted octanol–water partition coefficient (Wildman–Crippen LogP) is 6.67. The van der Waals surface area contributed by atoms with E-state index in [0.717, 1.165) is 59.9 Å². The van der Waals surface area contributed by atoms with Crippen LogP contribution in [0.5, 0.6) is 17.2 Å². The summed E-state index contributed by atoms with van der Waals surface area (Å²) in [6.45, 7) is 12.3. The summed E-state index contributed by atoms with van der Waals surface area (Å²) in [5.41, 5.74) is 6.05. The van der Waals surface area contributed by atoms with Gasteiger partial charge in [0, 0.05) is 55.8 Å². The highest BCUT2D eigenvalue weighted by molar-refractivity contribution is 6.11. The van der Waals surface area contributed by atoms with Crippen molar-refractivity contribution in [1.29, 1.82) is 0 Å². The standard InChI is InChI=1S/C36H43N7O4/c1-23(2)47-31-19-27(41-17-15-40(5)16-18-41)11-13-29(31)38-35-37-21-26-22-42(33-24(3)9-8-10-25(33)4)36(44)43(34(26)39-35)30-14-12-28(45-6)20-32(30)46-7/h8-14,19-21,23H,15-18,22H2,1-7H3,(H,37,38,39). The zero-order valence-electron chi connectivity index (χ0n) is 28.2. The lowest BCUT2D eigenvalue weighted by atomic mass is 10.1. The number of nitrogens with one attached hydrogen (secondary N) is 1. The van der Waals surface area contributed by atoms with Crippen LogP contribution in [0.3, 0.4) is 0 Å². The monoisotopic (exact) mass is 637 g/mol. The third-order valence-corrected chi connectivity index (χ3v) is 8.58. The smallest absolute Gasteiger partial charge is 0.335 e. The molecule has 1 saturated heterocycles. The van der Waals surface area contributed by atoms with Gasteiger partial charge in [-0.05, 0) is 70.1 Å². The zero-order chi connectivity index (χ0) is 33.2. The van der Waals surface area contributed by atoms with Gasteiger partial charge in [0.05, 0.1) is 43.9 Å².